The SMILES string of the molecule is O=C(O)C1CCCCC1CNCc1ccc(Cl)c(Br)c1. The molecule has 0 heterocycles. The molecule has 5 heteroatoms. The van der Waals surface area contributed by atoms with Crippen LogP contribution in [0.1, 0.15) is 31.2 Å². The highest BCUT2D eigenvalue weighted by Crippen LogP contribution is 2.30. The van der Waals surface area contributed by atoms with Gasteiger partial charge in [-0.1, -0.05) is 30.5 Å². The van der Waals surface area contributed by atoms with E-state index in [-0.39, 0.29) is 11.8 Å². The normalized spacial score (nSPS) is 22.7. The Balaban J connectivity index is 1.85. The lowest BCUT2D eigenvalue weighted by molar-refractivity contribution is -0.144. The molecule has 0 amide bonds. The summed E-state index contributed by atoms with van der Waals surface area (Å²) >= 11 is 9.36. The molecule has 2 atom stereocenters. The van der Waals surface area contributed by atoms with Gasteiger partial charge >= 0.3 is 5.97 Å². The van der Waals surface area contributed by atoms with Gasteiger partial charge in [-0.3, -0.25) is 4.79 Å². The third-order valence-corrected chi connectivity index (χ3v) is 5.16. The third-order valence-electron chi connectivity index (χ3n) is 3.95. The fraction of sp³-hybridized carbons (Fsp3) is 0.533. The molecule has 1 aromatic rings. The van der Waals surface area contributed by atoms with Crippen molar-refractivity contribution in [2.45, 2.75) is 32.2 Å². The molecule has 0 spiro atoms. The smallest absolute Gasteiger partial charge is 0.306 e. The summed E-state index contributed by atoms with van der Waals surface area (Å²) < 4.78 is 0.888. The summed E-state index contributed by atoms with van der Waals surface area (Å²) in [5, 5.41) is 13.3. The Bertz CT molecular complexity index is 481. The number of halogens is 2. The van der Waals surface area contributed by atoms with Crippen LogP contribution in [0.5, 0.6) is 0 Å². The molecular weight excluding hydrogens is 342 g/mol. The van der Waals surface area contributed by atoms with Crippen molar-refractivity contribution in [1.29, 1.82) is 0 Å². The Labute approximate surface area is 132 Å². The van der Waals surface area contributed by atoms with Crippen molar-refractivity contribution in [2.75, 3.05) is 6.54 Å². The molecule has 1 aliphatic carbocycles. The highest BCUT2D eigenvalue weighted by molar-refractivity contribution is 9.10. The van der Waals surface area contributed by atoms with Crippen molar-refractivity contribution in [3.8, 4) is 0 Å². The Morgan fingerprint density at radius 2 is 2.15 bits per heavy atom. The number of hydrogen-bond acceptors (Lipinski definition) is 2. The first-order chi connectivity index (χ1) is 9.58. The number of benzene rings is 1. The zero-order valence-corrected chi connectivity index (χ0v) is 13.6. The van der Waals surface area contributed by atoms with Gasteiger partial charge < -0.3 is 10.4 Å². The van der Waals surface area contributed by atoms with Crippen LogP contribution >= 0.6 is 27.5 Å². The molecule has 110 valence electrons. The van der Waals surface area contributed by atoms with E-state index in [1.165, 1.54) is 0 Å². The summed E-state index contributed by atoms with van der Waals surface area (Å²) in [7, 11) is 0. The molecule has 1 fully saturated rings. The van der Waals surface area contributed by atoms with Crippen molar-refractivity contribution in [2.24, 2.45) is 11.8 Å². The molecule has 2 unspecified atom stereocenters. The lowest BCUT2D eigenvalue weighted by Crippen LogP contribution is -2.34. The molecule has 2 N–H and O–H groups in total. The van der Waals surface area contributed by atoms with Gasteiger partial charge in [-0.25, -0.2) is 0 Å². The first-order valence-electron chi connectivity index (χ1n) is 6.95. The lowest BCUT2D eigenvalue weighted by atomic mass is 9.79. The average Bonchev–Trinajstić information content (AvgIpc) is 2.43. The van der Waals surface area contributed by atoms with Crippen LogP contribution in [0.15, 0.2) is 22.7 Å². The maximum Gasteiger partial charge on any atom is 0.306 e. The summed E-state index contributed by atoms with van der Waals surface area (Å²) in [6, 6.07) is 5.84. The second-order valence-electron chi connectivity index (χ2n) is 5.37. The van der Waals surface area contributed by atoms with E-state index < -0.39 is 5.97 Å². The number of carboxylic acids is 1. The fourth-order valence-corrected chi connectivity index (χ4v) is 3.37. The molecule has 1 aliphatic rings. The average molecular weight is 361 g/mol. The quantitative estimate of drug-likeness (QED) is 0.831. The third kappa shape index (κ3) is 4.21. The molecular formula is C15H19BrClNO2. The highest BCUT2D eigenvalue weighted by Gasteiger charge is 2.30. The number of hydrogen-bond donors (Lipinski definition) is 2. The number of carbonyl (C=O) groups is 1. The van der Waals surface area contributed by atoms with Gasteiger partial charge in [-0.2, -0.15) is 0 Å². The van der Waals surface area contributed by atoms with Crippen LogP contribution < -0.4 is 5.32 Å². The summed E-state index contributed by atoms with van der Waals surface area (Å²) in [4.78, 5) is 11.2. The molecule has 0 aromatic heterocycles. The van der Waals surface area contributed by atoms with Gasteiger partial charge in [-0.05, 0) is 58.9 Å². The van der Waals surface area contributed by atoms with Crippen molar-refractivity contribution in [1.82, 2.24) is 5.32 Å². The molecule has 0 bridgehead atoms. The Kier molecular flexibility index (Phi) is 5.87. The Hall–Kier alpha value is -0.580. The fourth-order valence-electron chi connectivity index (χ4n) is 2.83. The molecule has 2 rings (SSSR count). The predicted octanol–water partition coefficient (Wildman–Crippen LogP) is 4.08. The second-order valence-corrected chi connectivity index (χ2v) is 6.63. The van der Waals surface area contributed by atoms with Crippen LogP contribution in [0.2, 0.25) is 5.02 Å². The largest absolute Gasteiger partial charge is 0.481 e. The van der Waals surface area contributed by atoms with Crippen LogP contribution in [-0.2, 0) is 11.3 Å². The van der Waals surface area contributed by atoms with Crippen LogP contribution in [0, 0.1) is 11.8 Å². The van der Waals surface area contributed by atoms with Crippen LogP contribution in [-0.4, -0.2) is 17.6 Å². The van der Waals surface area contributed by atoms with Crippen molar-refractivity contribution in [3.63, 3.8) is 0 Å². The highest BCUT2D eigenvalue weighted by atomic mass is 79.9. The van der Waals surface area contributed by atoms with E-state index in [0.717, 1.165) is 48.8 Å². The van der Waals surface area contributed by atoms with Gasteiger partial charge in [0.15, 0.2) is 0 Å². The van der Waals surface area contributed by atoms with E-state index in [0.29, 0.717) is 5.02 Å². The van der Waals surface area contributed by atoms with Gasteiger partial charge in [0.05, 0.1) is 10.9 Å². The van der Waals surface area contributed by atoms with Crippen molar-refractivity contribution in [3.05, 3.63) is 33.3 Å². The summed E-state index contributed by atoms with van der Waals surface area (Å²) in [5.74, 6) is -0.587. The number of nitrogens with one attached hydrogen (secondary N) is 1. The minimum absolute atomic E-state index is 0.187. The Morgan fingerprint density at radius 1 is 1.40 bits per heavy atom. The second kappa shape index (κ2) is 7.43. The zero-order chi connectivity index (χ0) is 14.5. The van der Waals surface area contributed by atoms with Gasteiger partial charge in [0.1, 0.15) is 0 Å². The van der Waals surface area contributed by atoms with E-state index in [1.54, 1.807) is 0 Å². The van der Waals surface area contributed by atoms with E-state index in [4.69, 9.17) is 11.6 Å². The number of aliphatic carboxylic acids is 1. The topological polar surface area (TPSA) is 49.3 Å². The molecule has 1 aromatic carbocycles. The molecule has 1 saturated carbocycles. The Morgan fingerprint density at radius 3 is 2.85 bits per heavy atom. The minimum atomic E-state index is -0.647. The predicted molar refractivity (Wildman–Crippen MR) is 83.9 cm³/mol. The minimum Gasteiger partial charge on any atom is -0.481 e. The standard InChI is InChI=1S/C15H19BrClNO2/c16-13-7-10(5-6-14(13)17)8-18-9-11-3-1-2-4-12(11)15(19)20/h5-7,11-12,18H,1-4,8-9H2,(H,19,20). The van der Waals surface area contributed by atoms with Gasteiger partial charge in [0, 0.05) is 11.0 Å². The molecule has 0 radical (unpaired) electrons. The van der Waals surface area contributed by atoms with E-state index in [2.05, 4.69) is 21.2 Å². The van der Waals surface area contributed by atoms with Gasteiger partial charge in [0.25, 0.3) is 0 Å². The van der Waals surface area contributed by atoms with Gasteiger partial charge in [-0.15, -0.1) is 0 Å². The zero-order valence-electron chi connectivity index (χ0n) is 11.2. The number of rotatable bonds is 5. The summed E-state index contributed by atoms with van der Waals surface area (Å²) in [6.07, 6.45) is 4.00. The number of carboxylic acid groups (broad SMARTS) is 1. The summed E-state index contributed by atoms with van der Waals surface area (Å²) in [5.41, 5.74) is 1.14. The molecule has 3 nitrogen and oxygen atoms in total. The molecule has 0 saturated heterocycles. The molecule has 20 heavy (non-hydrogen) atoms. The van der Waals surface area contributed by atoms with Gasteiger partial charge in [0.2, 0.25) is 0 Å². The lowest BCUT2D eigenvalue weighted by Gasteiger charge is -2.28. The molecule has 0 aliphatic heterocycles. The summed E-state index contributed by atoms with van der Waals surface area (Å²) in [6.45, 7) is 1.50. The van der Waals surface area contributed by atoms with Crippen LogP contribution in [0.4, 0.5) is 0 Å². The van der Waals surface area contributed by atoms with E-state index in [9.17, 15) is 9.90 Å². The maximum atomic E-state index is 11.2. The van der Waals surface area contributed by atoms with Crippen molar-refractivity contribution >= 4 is 33.5 Å². The van der Waals surface area contributed by atoms with E-state index in [1.807, 2.05) is 18.2 Å². The monoisotopic (exact) mass is 359 g/mol. The van der Waals surface area contributed by atoms with Crippen LogP contribution in [0.3, 0.4) is 0 Å². The van der Waals surface area contributed by atoms with Crippen molar-refractivity contribution < 1.29 is 9.90 Å². The first kappa shape index (κ1) is 15.8. The van der Waals surface area contributed by atoms with Crippen LogP contribution in [0.25, 0.3) is 0 Å². The maximum absolute atomic E-state index is 11.2. The van der Waals surface area contributed by atoms with E-state index >= 15 is 0 Å². The first-order valence-corrected chi connectivity index (χ1v) is 8.12.